The molecular weight excluding hydrogens is 270 g/mol. The molecular formula is C20H40NO. The molecule has 1 N–H and O–H groups in total. The monoisotopic (exact) mass is 310 g/mol. The Morgan fingerprint density at radius 2 is 1.05 bits per heavy atom. The van der Waals surface area contributed by atoms with E-state index in [2.05, 4.69) is 12.2 Å². The van der Waals surface area contributed by atoms with Crippen molar-refractivity contribution in [3.05, 3.63) is 6.54 Å². The summed E-state index contributed by atoms with van der Waals surface area (Å²) in [7, 11) is 0. The highest BCUT2D eigenvalue weighted by molar-refractivity contribution is 5.76. The minimum Gasteiger partial charge on any atom is -0.352 e. The lowest BCUT2D eigenvalue weighted by atomic mass is 10.0. The second-order valence-electron chi connectivity index (χ2n) is 6.56. The molecule has 0 aromatic heterocycles. The van der Waals surface area contributed by atoms with Crippen LogP contribution in [0.4, 0.5) is 0 Å². The number of carbonyl (C=O) groups is 1. The summed E-state index contributed by atoms with van der Waals surface area (Å²) in [5.74, 6) is 0.164. The summed E-state index contributed by atoms with van der Waals surface area (Å²) in [4.78, 5) is 11.2. The Labute approximate surface area is 139 Å². The molecule has 0 saturated heterocycles. The van der Waals surface area contributed by atoms with Crippen LogP contribution in [0.1, 0.15) is 117 Å². The first-order valence-electron chi connectivity index (χ1n) is 9.88. The number of nitrogens with one attached hydrogen (secondary N) is 1. The van der Waals surface area contributed by atoms with Gasteiger partial charge in [0.15, 0.2) is 0 Å². The minimum absolute atomic E-state index is 0.164. The quantitative estimate of drug-likeness (QED) is 0.303. The molecule has 0 fully saturated rings. The van der Waals surface area contributed by atoms with Crippen LogP contribution in [0, 0.1) is 6.54 Å². The molecule has 0 rings (SSSR count). The Morgan fingerprint density at radius 1 is 0.682 bits per heavy atom. The molecule has 0 aromatic rings. The van der Waals surface area contributed by atoms with Crippen LogP contribution in [0.2, 0.25) is 0 Å². The highest BCUT2D eigenvalue weighted by atomic mass is 16.1. The van der Waals surface area contributed by atoms with E-state index in [-0.39, 0.29) is 5.91 Å². The Bertz CT molecular complexity index is 228. The summed E-state index contributed by atoms with van der Waals surface area (Å²) < 4.78 is 0. The molecule has 0 saturated carbocycles. The van der Waals surface area contributed by atoms with Gasteiger partial charge in [0.05, 0.1) is 0 Å². The topological polar surface area (TPSA) is 29.1 Å². The van der Waals surface area contributed by atoms with Crippen LogP contribution >= 0.6 is 0 Å². The van der Waals surface area contributed by atoms with Gasteiger partial charge in [-0.15, -0.1) is 0 Å². The molecule has 0 aliphatic carbocycles. The fraction of sp³-hybridized carbons (Fsp3) is 0.900. The highest BCUT2D eigenvalue weighted by Gasteiger charge is 1.99. The number of carbonyl (C=O) groups excluding carboxylic acids is 1. The van der Waals surface area contributed by atoms with E-state index in [0.29, 0.717) is 6.42 Å². The standard InChI is InChI=1S/C20H40NO/c1-3-5-6-7-8-9-10-11-12-13-14-15-16-17-18-19-20(22)21-4-2/h4H,3,5-19H2,1-2H3,(H,21,22). The van der Waals surface area contributed by atoms with Gasteiger partial charge in [0.2, 0.25) is 5.91 Å². The predicted octanol–water partition coefficient (Wildman–Crippen LogP) is 6.55. The van der Waals surface area contributed by atoms with Crippen LogP contribution in [-0.2, 0) is 4.79 Å². The summed E-state index contributed by atoms with van der Waals surface area (Å²) >= 11 is 0. The number of rotatable bonds is 17. The van der Waals surface area contributed by atoms with E-state index < -0.39 is 0 Å². The third kappa shape index (κ3) is 17.5. The van der Waals surface area contributed by atoms with Gasteiger partial charge in [0.25, 0.3) is 0 Å². The molecule has 131 valence electrons. The second-order valence-corrected chi connectivity index (χ2v) is 6.56. The van der Waals surface area contributed by atoms with Crippen LogP contribution in [0.15, 0.2) is 0 Å². The van der Waals surface area contributed by atoms with Gasteiger partial charge in [0, 0.05) is 13.0 Å². The fourth-order valence-electron chi connectivity index (χ4n) is 2.89. The van der Waals surface area contributed by atoms with Gasteiger partial charge in [-0.25, -0.2) is 0 Å². The first-order valence-corrected chi connectivity index (χ1v) is 9.88. The lowest BCUT2D eigenvalue weighted by Gasteiger charge is -2.04. The first-order chi connectivity index (χ1) is 10.8. The molecule has 0 aliphatic heterocycles. The number of amides is 1. The summed E-state index contributed by atoms with van der Waals surface area (Å²) in [6, 6.07) is 0. The second kappa shape index (κ2) is 18.5. The Kier molecular flexibility index (Phi) is 18.1. The zero-order valence-corrected chi connectivity index (χ0v) is 15.3. The first kappa shape index (κ1) is 21.5. The molecule has 2 heteroatoms. The van der Waals surface area contributed by atoms with Crippen LogP contribution < -0.4 is 5.32 Å². The van der Waals surface area contributed by atoms with Gasteiger partial charge in [-0.2, -0.15) is 0 Å². The van der Waals surface area contributed by atoms with Gasteiger partial charge in [-0.1, -0.05) is 96.8 Å². The SMILES string of the molecule is C[CH]NC(=O)CCCCCCCCCCCCCCCCC. The lowest BCUT2D eigenvalue weighted by molar-refractivity contribution is -0.120. The average molecular weight is 311 g/mol. The van der Waals surface area contributed by atoms with E-state index in [1.165, 1.54) is 89.9 Å². The van der Waals surface area contributed by atoms with Crippen molar-refractivity contribution in [2.75, 3.05) is 0 Å². The van der Waals surface area contributed by atoms with E-state index in [9.17, 15) is 4.79 Å². The summed E-state index contributed by atoms with van der Waals surface area (Å²) in [6.45, 7) is 5.85. The molecule has 1 amide bonds. The molecule has 1 radical (unpaired) electrons. The zero-order valence-electron chi connectivity index (χ0n) is 15.3. The average Bonchev–Trinajstić information content (AvgIpc) is 2.51. The van der Waals surface area contributed by atoms with Crippen molar-refractivity contribution >= 4 is 5.91 Å². The van der Waals surface area contributed by atoms with Crippen molar-refractivity contribution in [2.24, 2.45) is 0 Å². The van der Waals surface area contributed by atoms with Gasteiger partial charge in [-0.05, 0) is 13.3 Å². The van der Waals surface area contributed by atoms with Crippen molar-refractivity contribution in [2.45, 2.75) is 117 Å². The van der Waals surface area contributed by atoms with Crippen molar-refractivity contribution in [3.8, 4) is 0 Å². The highest BCUT2D eigenvalue weighted by Crippen LogP contribution is 2.13. The smallest absolute Gasteiger partial charge is 0.220 e. The van der Waals surface area contributed by atoms with Gasteiger partial charge in [-0.3, -0.25) is 4.79 Å². The molecule has 0 aromatic carbocycles. The molecule has 0 bridgehead atoms. The van der Waals surface area contributed by atoms with E-state index >= 15 is 0 Å². The summed E-state index contributed by atoms with van der Waals surface area (Å²) in [6.07, 6.45) is 21.2. The maximum atomic E-state index is 11.2. The Balaban J connectivity index is 3.01. The lowest BCUT2D eigenvalue weighted by Crippen LogP contribution is -2.18. The molecule has 22 heavy (non-hydrogen) atoms. The zero-order chi connectivity index (χ0) is 16.3. The maximum Gasteiger partial charge on any atom is 0.220 e. The summed E-state index contributed by atoms with van der Waals surface area (Å²) in [5.41, 5.74) is 0. The number of unbranched alkanes of at least 4 members (excludes halogenated alkanes) is 14. The minimum atomic E-state index is 0.164. The molecule has 0 aliphatic rings. The predicted molar refractivity (Wildman–Crippen MR) is 97.7 cm³/mol. The van der Waals surface area contributed by atoms with Crippen LogP contribution in [0.25, 0.3) is 0 Å². The van der Waals surface area contributed by atoms with Gasteiger partial charge < -0.3 is 5.32 Å². The van der Waals surface area contributed by atoms with Crippen LogP contribution in [0.3, 0.4) is 0 Å². The van der Waals surface area contributed by atoms with E-state index in [0.717, 1.165) is 6.42 Å². The number of hydrogen-bond acceptors (Lipinski definition) is 1. The van der Waals surface area contributed by atoms with Crippen LogP contribution in [-0.4, -0.2) is 5.91 Å². The molecule has 2 nitrogen and oxygen atoms in total. The third-order valence-corrected chi connectivity index (χ3v) is 4.31. The van der Waals surface area contributed by atoms with E-state index in [1.54, 1.807) is 6.54 Å². The van der Waals surface area contributed by atoms with Gasteiger partial charge in [0.1, 0.15) is 0 Å². The normalized spacial score (nSPS) is 10.8. The van der Waals surface area contributed by atoms with Crippen molar-refractivity contribution in [3.63, 3.8) is 0 Å². The Hall–Kier alpha value is -0.530. The molecule has 0 atom stereocenters. The largest absolute Gasteiger partial charge is 0.352 e. The van der Waals surface area contributed by atoms with E-state index in [1.807, 2.05) is 6.92 Å². The Morgan fingerprint density at radius 3 is 1.41 bits per heavy atom. The van der Waals surface area contributed by atoms with Crippen LogP contribution in [0.5, 0.6) is 0 Å². The molecule has 0 unspecified atom stereocenters. The van der Waals surface area contributed by atoms with Gasteiger partial charge >= 0.3 is 0 Å². The van der Waals surface area contributed by atoms with Crippen molar-refractivity contribution in [1.82, 2.24) is 5.32 Å². The fourth-order valence-corrected chi connectivity index (χ4v) is 2.89. The maximum absolute atomic E-state index is 11.2. The van der Waals surface area contributed by atoms with E-state index in [4.69, 9.17) is 0 Å². The van der Waals surface area contributed by atoms with Crippen molar-refractivity contribution < 1.29 is 4.79 Å². The molecule has 0 heterocycles. The number of hydrogen-bond donors (Lipinski definition) is 1. The summed E-state index contributed by atoms with van der Waals surface area (Å²) in [5, 5.41) is 2.73. The third-order valence-electron chi connectivity index (χ3n) is 4.31. The molecule has 0 spiro atoms. The van der Waals surface area contributed by atoms with Crippen molar-refractivity contribution in [1.29, 1.82) is 0 Å².